The fourth-order valence-electron chi connectivity index (χ4n) is 5.04. The van der Waals surface area contributed by atoms with Crippen LogP contribution in [0.25, 0.3) is 28.5 Å². The summed E-state index contributed by atoms with van der Waals surface area (Å²) in [6.07, 6.45) is 6.01. The van der Waals surface area contributed by atoms with Gasteiger partial charge in [-0.1, -0.05) is 12.1 Å². The van der Waals surface area contributed by atoms with Crippen LogP contribution in [0.2, 0.25) is 0 Å². The molecule has 10 heteroatoms. The second-order valence-electron chi connectivity index (χ2n) is 9.08. The lowest BCUT2D eigenvalue weighted by molar-refractivity contribution is 0.0644. The number of ether oxygens (including phenoxy) is 1. The van der Waals surface area contributed by atoms with Crippen LogP contribution in [0.15, 0.2) is 61.1 Å². The third-order valence-corrected chi connectivity index (χ3v) is 6.92. The van der Waals surface area contributed by atoms with Gasteiger partial charge in [0.15, 0.2) is 11.6 Å². The van der Waals surface area contributed by atoms with Crippen LogP contribution in [-0.4, -0.2) is 79.8 Å². The van der Waals surface area contributed by atoms with E-state index in [1.165, 1.54) is 13.2 Å². The number of carbonyl (C=O) groups is 1. The highest BCUT2D eigenvalue weighted by Crippen LogP contribution is 2.32. The summed E-state index contributed by atoms with van der Waals surface area (Å²) in [7, 11) is 3.58. The minimum atomic E-state index is -0.467. The molecule has 2 fully saturated rings. The zero-order valence-electron chi connectivity index (χ0n) is 19.9. The van der Waals surface area contributed by atoms with E-state index >= 15 is 0 Å². The van der Waals surface area contributed by atoms with Crippen LogP contribution in [0.3, 0.4) is 0 Å². The number of likely N-dealkylation sites (tertiary alicyclic amines) is 2. The second kappa shape index (κ2) is 8.80. The molecular weight excluding hydrogens is 461 g/mol. The highest BCUT2D eigenvalue weighted by Gasteiger charge is 2.44. The van der Waals surface area contributed by atoms with E-state index in [4.69, 9.17) is 4.74 Å². The number of methoxy groups -OCH3 is 1. The van der Waals surface area contributed by atoms with Crippen LogP contribution in [0.1, 0.15) is 16.9 Å². The summed E-state index contributed by atoms with van der Waals surface area (Å²) < 4.78 is 21.4. The Bertz CT molecular complexity index is 1450. The van der Waals surface area contributed by atoms with E-state index in [2.05, 4.69) is 32.0 Å². The number of pyridine rings is 1. The Kier molecular flexibility index (Phi) is 5.45. The van der Waals surface area contributed by atoms with Crippen LogP contribution in [0.4, 0.5) is 4.39 Å². The number of nitrogens with zero attached hydrogens (tertiary/aromatic N) is 7. The van der Waals surface area contributed by atoms with Crippen LogP contribution in [0, 0.1) is 5.82 Å². The summed E-state index contributed by atoms with van der Waals surface area (Å²) in [4.78, 5) is 30.8. The highest BCUT2D eigenvalue weighted by atomic mass is 19.1. The van der Waals surface area contributed by atoms with Crippen molar-refractivity contribution in [1.82, 2.24) is 34.5 Å². The molecule has 4 aromatic rings. The molecule has 0 aliphatic carbocycles. The number of fused-ring (bicyclic) bond motifs is 2. The van der Waals surface area contributed by atoms with Gasteiger partial charge in [-0.15, -0.1) is 0 Å². The van der Waals surface area contributed by atoms with Crippen molar-refractivity contribution in [3.8, 4) is 34.2 Å². The summed E-state index contributed by atoms with van der Waals surface area (Å²) in [5, 5.41) is 4.43. The Balaban J connectivity index is 1.27. The molecule has 2 saturated heterocycles. The first-order valence-electron chi connectivity index (χ1n) is 11.7. The molecule has 2 bridgehead atoms. The maximum absolute atomic E-state index is 14.5. The molecule has 9 nitrogen and oxygen atoms in total. The first kappa shape index (κ1) is 22.3. The molecule has 182 valence electrons. The molecule has 0 spiro atoms. The van der Waals surface area contributed by atoms with Crippen molar-refractivity contribution in [2.75, 3.05) is 27.2 Å². The van der Waals surface area contributed by atoms with Gasteiger partial charge in [0.05, 0.1) is 24.6 Å². The number of aromatic nitrogens is 5. The maximum atomic E-state index is 14.5. The molecule has 0 radical (unpaired) electrons. The van der Waals surface area contributed by atoms with Gasteiger partial charge in [0.1, 0.15) is 17.3 Å². The summed E-state index contributed by atoms with van der Waals surface area (Å²) >= 11 is 0. The van der Waals surface area contributed by atoms with Crippen LogP contribution >= 0.6 is 0 Å². The molecule has 1 aromatic carbocycles. The summed E-state index contributed by atoms with van der Waals surface area (Å²) in [6.45, 7) is 1.64. The molecule has 2 atom stereocenters. The topological polar surface area (TPSA) is 89.3 Å². The quantitative estimate of drug-likeness (QED) is 0.429. The Morgan fingerprint density at radius 1 is 1.08 bits per heavy atom. The average molecular weight is 486 g/mol. The van der Waals surface area contributed by atoms with Crippen molar-refractivity contribution in [3.63, 3.8) is 0 Å². The van der Waals surface area contributed by atoms with Crippen molar-refractivity contribution in [1.29, 1.82) is 0 Å². The number of carbonyl (C=O) groups excluding carboxylic acids is 1. The summed E-state index contributed by atoms with van der Waals surface area (Å²) in [6, 6.07) is 12.3. The molecule has 5 heterocycles. The number of amides is 1. The van der Waals surface area contributed by atoms with Gasteiger partial charge in [0.2, 0.25) is 0 Å². The van der Waals surface area contributed by atoms with Gasteiger partial charge in [0, 0.05) is 43.1 Å². The molecule has 0 unspecified atom stereocenters. The van der Waals surface area contributed by atoms with Gasteiger partial charge in [0.25, 0.3) is 5.91 Å². The zero-order valence-corrected chi connectivity index (χ0v) is 19.9. The normalized spacial score (nSPS) is 19.1. The van der Waals surface area contributed by atoms with Crippen LogP contribution in [0.5, 0.6) is 5.75 Å². The Hall–Kier alpha value is -4.18. The summed E-state index contributed by atoms with van der Waals surface area (Å²) in [5.74, 6) is 0.575. The van der Waals surface area contributed by atoms with Gasteiger partial charge in [-0.2, -0.15) is 5.10 Å². The zero-order chi connectivity index (χ0) is 24.8. The minimum Gasteiger partial charge on any atom is -0.496 e. The van der Waals surface area contributed by atoms with Crippen LogP contribution in [-0.2, 0) is 0 Å². The molecule has 2 aliphatic rings. The largest absolute Gasteiger partial charge is 0.496 e. The van der Waals surface area contributed by atoms with Gasteiger partial charge >= 0.3 is 0 Å². The Labute approximate surface area is 207 Å². The Morgan fingerprint density at radius 2 is 1.94 bits per heavy atom. The maximum Gasteiger partial charge on any atom is 0.272 e. The first-order chi connectivity index (χ1) is 17.5. The molecular formula is C26H24FN7O2. The van der Waals surface area contributed by atoms with E-state index in [0.717, 1.165) is 19.5 Å². The number of hydrogen-bond donors (Lipinski definition) is 0. The van der Waals surface area contributed by atoms with Crippen molar-refractivity contribution in [3.05, 3.63) is 72.6 Å². The lowest BCUT2D eigenvalue weighted by Crippen LogP contribution is -2.47. The molecule has 6 rings (SSSR count). The van der Waals surface area contributed by atoms with Crippen molar-refractivity contribution >= 4 is 5.91 Å². The van der Waals surface area contributed by atoms with E-state index in [1.807, 2.05) is 11.0 Å². The predicted octanol–water partition coefficient (Wildman–Crippen LogP) is 3.07. The van der Waals surface area contributed by atoms with E-state index in [-0.39, 0.29) is 23.3 Å². The number of benzene rings is 1. The predicted molar refractivity (Wildman–Crippen MR) is 130 cm³/mol. The molecule has 3 aromatic heterocycles. The minimum absolute atomic E-state index is 0.0518. The van der Waals surface area contributed by atoms with Crippen LogP contribution < -0.4 is 4.74 Å². The number of halogens is 1. The van der Waals surface area contributed by atoms with E-state index in [0.29, 0.717) is 34.6 Å². The van der Waals surface area contributed by atoms with Gasteiger partial charge in [-0.05, 0) is 43.8 Å². The van der Waals surface area contributed by atoms with Gasteiger partial charge in [-0.25, -0.2) is 24.0 Å². The van der Waals surface area contributed by atoms with E-state index in [1.54, 1.807) is 53.6 Å². The number of rotatable bonds is 5. The molecule has 36 heavy (non-hydrogen) atoms. The number of likely N-dealkylation sites (N-methyl/N-ethyl adjacent to an activating group) is 1. The SMILES string of the molecule is COc1cccc(F)c1-c1nccc(-c2cnn(-c3cccc(C(=O)N4C[C@@H]5C[C@H]4CN5C)n3)c2)n1. The number of piperazine rings is 1. The fourth-order valence-corrected chi connectivity index (χ4v) is 5.04. The lowest BCUT2D eigenvalue weighted by Gasteiger charge is -2.31. The monoisotopic (exact) mass is 485 g/mol. The lowest BCUT2D eigenvalue weighted by atomic mass is 10.1. The van der Waals surface area contributed by atoms with E-state index < -0.39 is 5.82 Å². The van der Waals surface area contributed by atoms with Gasteiger partial charge in [-0.3, -0.25) is 9.69 Å². The molecule has 0 N–H and O–H groups in total. The number of hydrogen-bond acceptors (Lipinski definition) is 7. The standard InChI is InChI=1S/C26H24FN7O2/c1-32-14-18-11-17(32)15-33(18)26(35)21-6-4-8-23(30-21)34-13-16(12-29-34)20-9-10-28-25(31-20)24-19(27)5-3-7-22(24)36-2/h3-10,12-13,17-18H,11,14-15H2,1-2H3/t17-,18-/m0/s1. The van der Waals surface area contributed by atoms with Crippen molar-refractivity contribution in [2.45, 2.75) is 18.5 Å². The summed E-state index contributed by atoms with van der Waals surface area (Å²) in [5.41, 5.74) is 1.87. The third kappa shape index (κ3) is 3.79. The molecule has 1 amide bonds. The van der Waals surface area contributed by atoms with Crippen molar-refractivity contribution < 1.29 is 13.9 Å². The molecule has 2 aliphatic heterocycles. The third-order valence-electron chi connectivity index (χ3n) is 6.92. The van der Waals surface area contributed by atoms with Crippen molar-refractivity contribution in [2.24, 2.45) is 0 Å². The van der Waals surface area contributed by atoms with E-state index in [9.17, 15) is 9.18 Å². The fraction of sp³-hybridized carbons (Fsp3) is 0.269. The van der Waals surface area contributed by atoms with Gasteiger partial charge < -0.3 is 9.64 Å². The first-order valence-corrected chi connectivity index (χ1v) is 11.7. The average Bonchev–Trinajstić information content (AvgIpc) is 3.64. The smallest absolute Gasteiger partial charge is 0.272 e. The Morgan fingerprint density at radius 3 is 2.72 bits per heavy atom. The second-order valence-corrected chi connectivity index (χ2v) is 9.08. The molecule has 0 saturated carbocycles. The highest BCUT2D eigenvalue weighted by molar-refractivity contribution is 5.93.